The van der Waals surface area contributed by atoms with E-state index in [0.29, 0.717) is 18.8 Å². The van der Waals surface area contributed by atoms with E-state index < -0.39 is 0 Å². The highest BCUT2D eigenvalue weighted by molar-refractivity contribution is 9.11. The molecule has 2 rings (SSSR count). The van der Waals surface area contributed by atoms with Crippen LogP contribution in [0.2, 0.25) is 0 Å². The minimum absolute atomic E-state index is 0.0746. The Morgan fingerprint density at radius 2 is 2.27 bits per heavy atom. The molecule has 0 bridgehead atoms. The molecule has 1 aliphatic heterocycles. The van der Waals surface area contributed by atoms with Crippen LogP contribution in [0, 0.1) is 0 Å². The van der Waals surface area contributed by atoms with Crippen LogP contribution >= 0.6 is 44.5 Å². The van der Waals surface area contributed by atoms with Gasteiger partial charge < -0.3 is 0 Å². The average molecular weight is 352 g/mol. The van der Waals surface area contributed by atoms with E-state index >= 15 is 0 Å². The van der Waals surface area contributed by atoms with Crippen molar-refractivity contribution in [2.45, 2.75) is 11.7 Å². The first-order chi connectivity index (χ1) is 7.08. The molecule has 1 amide bonds. The lowest BCUT2D eigenvalue weighted by atomic mass is 10.4. The highest BCUT2D eigenvalue weighted by Crippen LogP contribution is 2.30. The average Bonchev–Trinajstić information content (AvgIpc) is 2.45. The summed E-state index contributed by atoms with van der Waals surface area (Å²) in [5.74, 6) is 0.741. The third-order valence-electron chi connectivity index (χ3n) is 2.15. The summed E-state index contributed by atoms with van der Waals surface area (Å²) in [6.45, 7) is 0.620. The maximum atomic E-state index is 11.6. The van der Waals surface area contributed by atoms with E-state index in [1.54, 1.807) is 11.1 Å². The Labute approximate surface area is 110 Å². The number of halogens is 2. The second-order valence-electron chi connectivity index (χ2n) is 3.32. The Bertz CT molecular complexity index is 413. The monoisotopic (exact) mass is 350 g/mol. The zero-order valence-electron chi connectivity index (χ0n) is 7.65. The molecule has 1 unspecified atom stereocenters. The van der Waals surface area contributed by atoms with Crippen molar-refractivity contribution in [1.29, 1.82) is 0 Å². The summed E-state index contributed by atoms with van der Waals surface area (Å²) < 4.78 is 1.69. The Hall–Kier alpha value is -0.0700. The molecule has 0 saturated carbocycles. The third-order valence-corrected chi connectivity index (χ3v) is 3.51. The molecule has 2 heterocycles. The molecular formula is C9H8Br2N2OS. The van der Waals surface area contributed by atoms with Crippen LogP contribution in [0.4, 0.5) is 5.82 Å². The highest BCUT2D eigenvalue weighted by atomic mass is 79.9. The first-order valence-electron chi connectivity index (χ1n) is 4.37. The van der Waals surface area contributed by atoms with E-state index in [9.17, 15) is 4.79 Å². The number of anilines is 1. The molecule has 1 aliphatic rings. The summed E-state index contributed by atoms with van der Waals surface area (Å²) in [5, 5.41) is 0.106. The lowest BCUT2D eigenvalue weighted by molar-refractivity contribution is -0.117. The Morgan fingerprint density at radius 3 is 2.80 bits per heavy atom. The minimum Gasteiger partial charge on any atom is -0.295 e. The van der Waals surface area contributed by atoms with Crippen LogP contribution < -0.4 is 4.90 Å². The van der Waals surface area contributed by atoms with Gasteiger partial charge in [0.2, 0.25) is 5.91 Å². The van der Waals surface area contributed by atoms with Gasteiger partial charge >= 0.3 is 0 Å². The molecule has 0 aliphatic carbocycles. The molecular weight excluding hydrogens is 344 g/mol. The fourth-order valence-electron chi connectivity index (χ4n) is 1.50. The Balaban J connectivity index is 2.34. The molecule has 1 fully saturated rings. The van der Waals surface area contributed by atoms with Crippen molar-refractivity contribution in [3.63, 3.8) is 0 Å². The van der Waals surface area contributed by atoms with Crippen LogP contribution in [0.1, 0.15) is 6.42 Å². The maximum Gasteiger partial charge on any atom is 0.229 e. The SMILES string of the molecule is O=C1CC(S)CN1c1ncc(Br)cc1Br. The van der Waals surface area contributed by atoms with Gasteiger partial charge in [-0.05, 0) is 37.9 Å². The second-order valence-corrected chi connectivity index (χ2v) is 5.82. The van der Waals surface area contributed by atoms with Crippen LogP contribution in [0.15, 0.2) is 21.2 Å². The van der Waals surface area contributed by atoms with Gasteiger partial charge in [-0.25, -0.2) is 4.98 Å². The van der Waals surface area contributed by atoms with Gasteiger partial charge in [0.05, 0.1) is 4.47 Å². The molecule has 6 heteroatoms. The number of nitrogens with zero attached hydrogens (tertiary/aromatic N) is 2. The lowest BCUT2D eigenvalue weighted by Crippen LogP contribution is -2.25. The Morgan fingerprint density at radius 1 is 1.53 bits per heavy atom. The number of carbonyl (C=O) groups is 1. The summed E-state index contributed by atoms with van der Waals surface area (Å²) >= 11 is 11.0. The molecule has 1 aromatic rings. The van der Waals surface area contributed by atoms with Gasteiger partial charge in [0.25, 0.3) is 0 Å². The molecule has 0 aromatic carbocycles. The standard InChI is InChI=1S/C9H8Br2N2OS/c10-5-1-7(11)9(12-3-5)13-4-6(15)2-8(13)14/h1,3,6,15H,2,4H2. The molecule has 0 radical (unpaired) electrons. The van der Waals surface area contributed by atoms with E-state index in [4.69, 9.17) is 0 Å². The predicted octanol–water partition coefficient (Wildman–Crippen LogP) is 2.64. The van der Waals surface area contributed by atoms with Crippen molar-refractivity contribution in [3.05, 3.63) is 21.2 Å². The predicted molar refractivity (Wildman–Crippen MR) is 69.4 cm³/mol. The zero-order valence-corrected chi connectivity index (χ0v) is 11.7. The van der Waals surface area contributed by atoms with Crippen LogP contribution in [0.25, 0.3) is 0 Å². The van der Waals surface area contributed by atoms with Gasteiger partial charge in [-0.2, -0.15) is 12.6 Å². The van der Waals surface area contributed by atoms with Crippen molar-refractivity contribution < 1.29 is 4.79 Å². The van der Waals surface area contributed by atoms with Gasteiger partial charge in [-0.1, -0.05) is 0 Å². The molecule has 80 valence electrons. The van der Waals surface area contributed by atoms with E-state index in [1.165, 1.54) is 0 Å². The zero-order chi connectivity index (χ0) is 11.0. The number of rotatable bonds is 1. The van der Waals surface area contributed by atoms with Gasteiger partial charge in [0.1, 0.15) is 5.82 Å². The van der Waals surface area contributed by atoms with Gasteiger partial charge in [-0.15, -0.1) is 0 Å². The van der Waals surface area contributed by atoms with Crippen LogP contribution in [0.5, 0.6) is 0 Å². The second kappa shape index (κ2) is 4.43. The summed E-state index contributed by atoms with van der Waals surface area (Å²) in [6.07, 6.45) is 2.16. The molecule has 0 N–H and O–H groups in total. The Kier molecular flexibility index (Phi) is 3.37. The number of carbonyl (C=O) groups excluding carboxylic acids is 1. The summed E-state index contributed by atoms with van der Waals surface area (Å²) in [5.41, 5.74) is 0. The molecule has 0 spiro atoms. The molecule has 15 heavy (non-hydrogen) atoms. The third kappa shape index (κ3) is 2.37. The van der Waals surface area contributed by atoms with Crippen molar-refractivity contribution >= 4 is 56.2 Å². The number of hydrogen-bond acceptors (Lipinski definition) is 3. The molecule has 3 nitrogen and oxygen atoms in total. The fourth-order valence-corrected chi connectivity index (χ4v) is 3.02. The quantitative estimate of drug-likeness (QED) is 0.789. The summed E-state index contributed by atoms with van der Waals surface area (Å²) in [4.78, 5) is 17.5. The van der Waals surface area contributed by atoms with Crippen molar-refractivity contribution in [2.75, 3.05) is 11.4 Å². The van der Waals surface area contributed by atoms with Crippen molar-refractivity contribution in [2.24, 2.45) is 0 Å². The number of hydrogen-bond donors (Lipinski definition) is 1. The van der Waals surface area contributed by atoms with Crippen molar-refractivity contribution in [1.82, 2.24) is 4.98 Å². The van der Waals surface area contributed by atoms with Gasteiger partial charge in [0.15, 0.2) is 0 Å². The van der Waals surface area contributed by atoms with E-state index in [2.05, 4.69) is 49.5 Å². The largest absolute Gasteiger partial charge is 0.295 e. The van der Waals surface area contributed by atoms with Crippen LogP contribution in [-0.4, -0.2) is 22.7 Å². The molecule has 1 aromatic heterocycles. The van der Waals surface area contributed by atoms with Gasteiger partial charge in [0, 0.05) is 28.9 Å². The summed E-state index contributed by atoms with van der Waals surface area (Å²) in [6, 6.07) is 1.88. The highest BCUT2D eigenvalue weighted by Gasteiger charge is 2.30. The fraction of sp³-hybridized carbons (Fsp3) is 0.333. The van der Waals surface area contributed by atoms with E-state index in [1.807, 2.05) is 6.07 Å². The van der Waals surface area contributed by atoms with Crippen molar-refractivity contribution in [3.8, 4) is 0 Å². The maximum absolute atomic E-state index is 11.6. The number of amides is 1. The lowest BCUT2D eigenvalue weighted by Gasteiger charge is -2.16. The van der Waals surface area contributed by atoms with Crippen LogP contribution in [-0.2, 0) is 4.79 Å². The number of aromatic nitrogens is 1. The number of thiol groups is 1. The van der Waals surface area contributed by atoms with E-state index in [-0.39, 0.29) is 11.2 Å². The number of pyridine rings is 1. The van der Waals surface area contributed by atoms with Crippen LogP contribution in [0.3, 0.4) is 0 Å². The minimum atomic E-state index is 0.0746. The normalized spacial score (nSPS) is 21.1. The van der Waals surface area contributed by atoms with Gasteiger partial charge in [-0.3, -0.25) is 9.69 Å². The molecule has 1 atom stereocenters. The van der Waals surface area contributed by atoms with E-state index in [0.717, 1.165) is 8.95 Å². The first-order valence-corrected chi connectivity index (χ1v) is 6.47. The first kappa shape index (κ1) is 11.4. The topological polar surface area (TPSA) is 33.2 Å². The smallest absolute Gasteiger partial charge is 0.229 e. The summed E-state index contributed by atoms with van der Waals surface area (Å²) in [7, 11) is 0. The molecule has 1 saturated heterocycles.